The molecule has 0 atom stereocenters. The molecular formula is C20H19F3N8O4S. The first kappa shape index (κ1) is 24.1. The third-order valence-electron chi connectivity index (χ3n) is 6.18. The van der Waals surface area contributed by atoms with Crippen LogP contribution >= 0.6 is 0 Å². The van der Waals surface area contributed by atoms with Gasteiger partial charge in [-0.15, -0.1) is 5.10 Å². The van der Waals surface area contributed by atoms with Gasteiger partial charge in [-0.1, -0.05) is 11.3 Å². The van der Waals surface area contributed by atoms with Crippen molar-refractivity contribution in [1.29, 1.82) is 0 Å². The molecule has 0 unspecified atom stereocenters. The quantitative estimate of drug-likeness (QED) is 0.448. The SMILES string of the molecule is Cc1ccc(S(=O)(=O)N(OC(=O)C(F)(F)F)C23CNC(C2)C3)cc1-c1cnc(N)c(-n2ccnn2)n1. The molecule has 0 amide bonds. The lowest BCUT2D eigenvalue weighted by atomic mass is 9.79. The molecule has 1 aliphatic carbocycles. The molecule has 3 fully saturated rings. The fourth-order valence-electron chi connectivity index (χ4n) is 4.36. The first-order chi connectivity index (χ1) is 16.9. The number of nitrogens with one attached hydrogen (secondary N) is 1. The van der Waals surface area contributed by atoms with Crippen LogP contribution < -0.4 is 11.1 Å². The third-order valence-corrected chi connectivity index (χ3v) is 7.93. The van der Waals surface area contributed by atoms with Crippen LogP contribution in [-0.4, -0.2) is 68.1 Å². The molecule has 1 aromatic carbocycles. The summed E-state index contributed by atoms with van der Waals surface area (Å²) in [7, 11) is -4.72. The topological polar surface area (TPSA) is 158 Å². The Morgan fingerprint density at radius 1 is 1.33 bits per heavy atom. The zero-order chi connectivity index (χ0) is 25.9. The molecule has 190 valence electrons. The van der Waals surface area contributed by atoms with Gasteiger partial charge in [0.1, 0.15) is 0 Å². The summed E-state index contributed by atoms with van der Waals surface area (Å²) in [4.78, 5) is 24.3. The maximum atomic E-state index is 13.6. The second kappa shape index (κ2) is 8.21. The number of hydrogen-bond acceptors (Lipinski definition) is 10. The van der Waals surface area contributed by atoms with E-state index in [0.717, 1.165) is 0 Å². The molecule has 4 heterocycles. The minimum absolute atomic E-state index is 0.0447. The molecule has 6 rings (SSSR count). The summed E-state index contributed by atoms with van der Waals surface area (Å²) in [6, 6.07) is 3.86. The number of alkyl halides is 3. The van der Waals surface area contributed by atoms with Crippen LogP contribution in [0.25, 0.3) is 17.1 Å². The second-order valence-electron chi connectivity index (χ2n) is 8.61. The van der Waals surface area contributed by atoms with Crippen LogP contribution in [0.4, 0.5) is 19.0 Å². The number of rotatable bonds is 6. The molecule has 2 aliphatic heterocycles. The minimum Gasteiger partial charge on any atom is -0.381 e. The Labute approximate surface area is 202 Å². The van der Waals surface area contributed by atoms with Crippen molar-refractivity contribution in [2.75, 3.05) is 12.3 Å². The summed E-state index contributed by atoms with van der Waals surface area (Å²) in [5.74, 6) is -2.43. The number of sulfonamides is 1. The molecular weight excluding hydrogens is 505 g/mol. The number of aryl methyl sites for hydroxylation is 1. The van der Waals surface area contributed by atoms with Crippen LogP contribution in [0.5, 0.6) is 0 Å². The van der Waals surface area contributed by atoms with E-state index in [0.29, 0.717) is 11.1 Å². The zero-order valence-corrected chi connectivity index (χ0v) is 19.4. The van der Waals surface area contributed by atoms with Crippen LogP contribution in [0, 0.1) is 6.92 Å². The summed E-state index contributed by atoms with van der Waals surface area (Å²) >= 11 is 0. The highest BCUT2D eigenvalue weighted by atomic mass is 32.2. The molecule has 3 N–H and O–H groups in total. The van der Waals surface area contributed by atoms with Gasteiger partial charge in [-0.3, -0.25) is 0 Å². The number of fused-ring (bicyclic) bond motifs is 1. The van der Waals surface area contributed by atoms with Gasteiger partial charge in [0.15, 0.2) is 11.6 Å². The molecule has 2 saturated heterocycles. The minimum atomic E-state index is -5.38. The van der Waals surface area contributed by atoms with Gasteiger partial charge >= 0.3 is 12.1 Å². The van der Waals surface area contributed by atoms with Gasteiger partial charge in [-0.2, -0.15) is 17.9 Å². The van der Waals surface area contributed by atoms with Crippen molar-refractivity contribution in [1.82, 2.24) is 34.7 Å². The Kier molecular flexibility index (Phi) is 5.49. The van der Waals surface area contributed by atoms with Gasteiger partial charge < -0.3 is 15.9 Å². The van der Waals surface area contributed by atoms with Crippen molar-refractivity contribution in [2.24, 2.45) is 0 Å². The summed E-state index contributed by atoms with van der Waals surface area (Å²) in [6.07, 6.45) is -0.736. The molecule has 2 aromatic heterocycles. The normalized spacial score (nSPS) is 21.4. The highest BCUT2D eigenvalue weighted by molar-refractivity contribution is 7.89. The van der Waals surface area contributed by atoms with Crippen LogP contribution in [0.3, 0.4) is 0 Å². The molecule has 3 aliphatic rings. The standard InChI is InChI=1S/C20H19F3N8O4S/c1-11-2-3-13(6-14(11)15-9-25-16(24)17(28-15)30-5-4-27-29-30)36(33,34)31(35-18(32)20(21,22)23)19-7-12(8-19)26-10-19/h2-6,9,12,26H,7-8,10H2,1H3,(H2,24,25). The summed E-state index contributed by atoms with van der Waals surface area (Å²) in [5, 5.41) is 10.5. The molecule has 12 nitrogen and oxygen atoms in total. The van der Waals surface area contributed by atoms with Crippen LogP contribution in [0.15, 0.2) is 41.7 Å². The molecule has 1 saturated carbocycles. The predicted octanol–water partition coefficient (Wildman–Crippen LogP) is 1.13. The smallest absolute Gasteiger partial charge is 0.381 e. The zero-order valence-electron chi connectivity index (χ0n) is 18.6. The van der Waals surface area contributed by atoms with E-state index in [1.54, 1.807) is 6.92 Å². The van der Waals surface area contributed by atoms with E-state index in [4.69, 9.17) is 5.73 Å². The van der Waals surface area contributed by atoms with Crippen molar-refractivity contribution < 1.29 is 31.2 Å². The van der Waals surface area contributed by atoms with Gasteiger partial charge in [0.25, 0.3) is 10.0 Å². The molecule has 16 heteroatoms. The van der Waals surface area contributed by atoms with E-state index >= 15 is 0 Å². The average molecular weight is 524 g/mol. The number of carbonyl (C=O) groups is 1. The maximum absolute atomic E-state index is 13.6. The number of halogens is 3. The van der Waals surface area contributed by atoms with E-state index in [-0.39, 0.29) is 52.1 Å². The van der Waals surface area contributed by atoms with Gasteiger partial charge in [0, 0.05) is 18.2 Å². The summed E-state index contributed by atoms with van der Waals surface area (Å²) in [5.41, 5.74) is 5.73. The Hall–Kier alpha value is -3.63. The van der Waals surface area contributed by atoms with Crippen LogP contribution in [-0.2, 0) is 19.7 Å². The number of nitrogen functional groups attached to an aromatic ring is 1. The lowest BCUT2D eigenvalue weighted by molar-refractivity contribution is -0.237. The summed E-state index contributed by atoms with van der Waals surface area (Å²) in [6.45, 7) is 1.74. The number of hydrogen-bond donors (Lipinski definition) is 2. The van der Waals surface area contributed by atoms with Crippen molar-refractivity contribution in [3.05, 3.63) is 42.4 Å². The number of benzene rings is 1. The molecule has 0 radical (unpaired) electrons. The van der Waals surface area contributed by atoms with Crippen LogP contribution in [0.1, 0.15) is 18.4 Å². The first-order valence-electron chi connectivity index (χ1n) is 10.6. The second-order valence-corrected chi connectivity index (χ2v) is 10.4. The van der Waals surface area contributed by atoms with E-state index in [2.05, 4.69) is 30.4 Å². The van der Waals surface area contributed by atoms with Gasteiger partial charge in [-0.05, 0) is 41.9 Å². The van der Waals surface area contributed by atoms with Gasteiger partial charge in [-0.25, -0.2) is 23.2 Å². The van der Waals surface area contributed by atoms with Crippen molar-refractivity contribution in [3.63, 3.8) is 0 Å². The van der Waals surface area contributed by atoms with E-state index in [1.807, 2.05) is 0 Å². The summed E-state index contributed by atoms with van der Waals surface area (Å²) < 4.78 is 67.7. The predicted molar refractivity (Wildman–Crippen MR) is 116 cm³/mol. The van der Waals surface area contributed by atoms with Gasteiger partial charge in [0.2, 0.25) is 0 Å². The van der Waals surface area contributed by atoms with E-state index < -0.39 is 27.7 Å². The number of aromatic nitrogens is 5. The lowest BCUT2D eigenvalue weighted by Gasteiger charge is -2.43. The number of nitrogens with two attached hydrogens (primary N) is 1. The maximum Gasteiger partial charge on any atom is 0.492 e. The average Bonchev–Trinajstić information content (AvgIpc) is 3.55. The van der Waals surface area contributed by atoms with Crippen molar-refractivity contribution >= 4 is 21.8 Å². The fraction of sp³-hybridized carbons (Fsp3) is 0.350. The Morgan fingerprint density at radius 3 is 2.69 bits per heavy atom. The van der Waals surface area contributed by atoms with Gasteiger partial charge in [0.05, 0.1) is 34.7 Å². The Morgan fingerprint density at radius 2 is 2.08 bits per heavy atom. The van der Waals surface area contributed by atoms with Crippen LogP contribution in [0.2, 0.25) is 0 Å². The largest absolute Gasteiger partial charge is 0.492 e. The molecule has 0 spiro atoms. The van der Waals surface area contributed by atoms with Crippen molar-refractivity contribution in [3.8, 4) is 17.1 Å². The van der Waals surface area contributed by atoms with E-state index in [1.165, 1.54) is 41.5 Å². The molecule has 3 aromatic rings. The monoisotopic (exact) mass is 524 g/mol. The number of hydroxylamine groups is 1. The number of nitrogens with zero attached hydrogens (tertiary/aromatic N) is 6. The fourth-order valence-corrected chi connectivity index (χ4v) is 5.95. The molecule has 36 heavy (non-hydrogen) atoms. The Bertz CT molecular complexity index is 1430. The first-order valence-corrected chi connectivity index (χ1v) is 12.0. The third kappa shape index (κ3) is 3.96. The van der Waals surface area contributed by atoms with Crippen molar-refractivity contribution in [2.45, 2.75) is 42.4 Å². The highest BCUT2D eigenvalue weighted by Gasteiger charge is 2.61. The molecule has 2 bridgehead atoms. The highest BCUT2D eigenvalue weighted by Crippen LogP contribution is 2.46. The number of anilines is 1. The lowest BCUT2D eigenvalue weighted by Crippen LogP contribution is -2.58. The number of carbonyl (C=O) groups excluding carboxylic acids is 1. The Balaban J connectivity index is 1.57. The van der Waals surface area contributed by atoms with E-state index in [9.17, 15) is 26.4 Å².